The molecular weight excluding hydrogens is 196 g/mol. The van der Waals surface area contributed by atoms with Crippen LogP contribution in [0.25, 0.3) is 0 Å². The van der Waals surface area contributed by atoms with E-state index in [-0.39, 0.29) is 6.42 Å². The highest BCUT2D eigenvalue weighted by Gasteiger charge is 2.07. The van der Waals surface area contributed by atoms with Gasteiger partial charge in [0.1, 0.15) is 6.42 Å². The number of hydroxylamine groups is 1. The highest BCUT2D eigenvalue weighted by Crippen LogP contribution is 1.97. The maximum Gasteiger partial charge on any atom is 0.252 e. The molecule has 0 bridgehead atoms. The lowest BCUT2D eigenvalue weighted by Crippen LogP contribution is -2.29. The second kappa shape index (κ2) is 5.77. The summed E-state index contributed by atoms with van der Waals surface area (Å²) >= 11 is 0. The molecule has 0 aromatic heterocycles. The summed E-state index contributed by atoms with van der Waals surface area (Å²) in [6, 6.07) is 9.34. The van der Waals surface area contributed by atoms with Gasteiger partial charge in [-0.1, -0.05) is 30.3 Å². The van der Waals surface area contributed by atoms with Crippen LogP contribution in [0.2, 0.25) is 0 Å². The second-order valence-electron chi connectivity index (χ2n) is 2.97. The molecular formula is C10H12N2O3. The van der Waals surface area contributed by atoms with Crippen molar-refractivity contribution in [3.05, 3.63) is 35.9 Å². The number of benzene rings is 1. The summed E-state index contributed by atoms with van der Waals surface area (Å²) < 4.78 is 0. The summed E-state index contributed by atoms with van der Waals surface area (Å²) in [5.41, 5.74) is 2.35. The third-order valence-electron chi connectivity index (χ3n) is 1.78. The van der Waals surface area contributed by atoms with Gasteiger partial charge in [-0.2, -0.15) is 0 Å². The van der Waals surface area contributed by atoms with Gasteiger partial charge < -0.3 is 5.32 Å². The van der Waals surface area contributed by atoms with Gasteiger partial charge in [0.25, 0.3) is 5.91 Å². The van der Waals surface area contributed by atoms with Crippen LogP contribution in [0.5, 0.6) is 0 Å². The van der Waals surface area contributed by atoms with Crippen molar-refractivity contribution >= 4 is 11.8 Å². The van der Waals surface area contributed by atoms with E-state index in [1.807, 2.05) is 30.3 Å². The van der Waals surface area contributed by atoms with E-state index >= 15 is 0 Å². The van der Waals surface area contributed by atoms with Crippen molar-refractivity contribution in [3.63, 3.8) is 0 Å². The van der Waals surface area contributed by atoms with Crippen molar-refractivity contribution in [2.75, 3.05) is 0 Å². The Kier molecular flexibility index (Phi) is 4.30. The van der Waals surface area contributed by atoms with E-state index in [1.165, 1.54) is 5.48 Å². The maximum absolute atomic E-state index is 11.1. The fourth-order valence-electron chi connectivity index (χ4n) is 1.04. The summed E-state index contributed by atoms with van der Waals surface area (Å²) in [4.78, 5) is 21.7. The van der Waals surface area contributed by atoms with E-state index in [9.17, 15) is 9.59 Å². The predicted octanol–water partition coefficient (Wildman–Crippen LogP) is 0.198. The third kappa shape index (κ3) is 4.24. The molecule has 0 spiro atoms. The number of nitrogens with one attached hydrogen (secondary N) is 2. The minimum Gasteiger partial charge on any atom is -0.352 e. The van der Waals surface area contributed by atoms with Crippen molar-refractivity contribution in [3.8, 4) is 0 Å². The van der Waals surface area contributed by atoms with E-state index in [0.29, 0.717) is 6.54 Å². The molecule has 1 aromatic carbocycles. The maximum atomic E-state index is 11.1. The molecule has 1 rings (SSSR count). The van der Waals surface area contributed by atoms with Gasteiger partial charge in [-0.15, -0.1) is 0 Å². The molecule has 0 fully saturated rings. The Morgan fingerprint density at radius 1 is 1.13 bits per heavy atom. The van der Waals surface area contributed by atoms with Gasteiger partial charge in [0, 0.05) is 6.54 Å². The van der Waals surface area contributed by atoms with Gasteiger partial charge >= 0.3 is 0 Å². The van der Waals surface area contributed by atoms with Crippen LogP contribution in [-0.2, 0) is 16.1 Å². The Labute approximate surface area is 87.1 Å². The van der Waals surface area contributed by atoms with Crippen LogP contribution in [0, 0.1) is 0 Å². The SMILES string of the molecule is O=C(CC(=O)NCc1ccccc1)NO. The molecule has 15 heavy (non-hydrogen) atoms. The molecule has 0 saturated heterocycles. The van der Waals surface area contributed by atoms with Gasteiger partial charge in [0.15, 0.2) is 0 Å². The topological polar surface area (TPSA) is 78.4 Å². The molecule has 5 nitrogen and oxygen atoms in total. The molecule has 0 heterocycles. The molecule has 5 heteroatoms. The van der Waals surface area contributed by atoms with Crippen LogP contribution < -0.4 is 10.8 Å². The molecule has 0 aliphatic rings. The normalized spacial score (nSPS) is 9.40. The van der Waals surface area contributed by atoms with E-state index in [0.717, 1.165) is 5.56 Å². The quantitative estimate of drug-likeness (QED) is 0.375. The first-order valence-electron chi connectivity index (χ1n) is 4.46. The van der Waals surface area contributed by atoms with E-state index in [2.05, 4.69) is 5.32 Å². The Bertz CT molecular complexity index is 338. The number of hydrogen-bond acceptors (Lipinski definition) is 3. The van der Waals surface area contributed by atoms with E-state index < -0.39 is 11.8 Å². The third-order valence-corrected chi connectivity index (χ3v) is 1.78. The summed E-state index contributed by atoms with van der Waals surface area (Å²) in [5.74, 6) is -1.15. The van der Waals surface area contributed by atoms with Crippen molar-refractivity contribution in [1.29, 1.82) is 0 Å². The summed E-state index contributed by atoms with van der Waals surface area (Å²) in [7, 11) is 0. The molecule has 0 unspecified atom stereocenters. The number of carbonyl (C=O) groups excluding carboxylic acids is 2. The number of carbonyl (C=O) groups is 2. The van der Waals surface area contributed by atoms with Gasteiger partial charge in [-0.05, 0) is 5.56 Å². The van der Waals surface area contributed by atoms with Gasteiger partial charge in [0.2, 0.25) is 5.91 Å². The Balaban J connectivity index is 2.32. The van der Waals surface area contributed by atoms with Crippen LogP contribution in [0.3, 0.4) is 0 Å². The zero-order valence-electron chi connectivity index (χ0n) is 8.06. The van der Waals surface area contributed by atoms with Crippen LogP contribution in [0.1, 0.15) is 12.0 Å². The van der Waals surface area contributed by atoms with Crippen molar-refractivity contribution < 1.29 is 14.8 Å². The predicted molar refractivity (Wildman–Crippen MR) is 52.8 cm³/mol. The highest BCUT2D eigenvalue weighted by molar-refractivity contribution is 5.96. The first-order valence-corrected chi connectivity index (χ1v) is 4.46. The summed E-state index contributed by atoms with van der Waals surface area (Å²) in [5, 5.41) is 10.7. The molecule has 0 aliphatic heterocycles. The molecule has 2 amide bonds. The average molecular weight is 208 g/mol. The van der Waals surface area contributed by atoms with Gasteiger partial charge in [-0.3, -0.25) is 14.8 Å². The standard InChI is InChI=1S/C10H12N2O3/c13-9(6-10(14)12-15)11-7-8-4-2-1-3-5-8/h1-5,15H,6-7H2,(H,11,13)(H,12,14). The van der Waals surface area contributed by atoms with Crippen LogP contribution in [0.4, 0.5) is 0 Å². The molecule has 3 N–H and O–H groups in total. The van der Waals surface area contributed by atoms with Crippen LogP contribution >= 0.6 is 0 Å². The molecule has 0 saturated carbocycles. The lowest BCUT2D eigenvalue weighted by Gasteiger charge is -2.03. The van der Waals surface area contributed by atoms with E-state index in [4.69, 9.17) is 5.21 Å². The minimum absolute atomic E-state index is 0.372. The van der Waals surface area contributed by atoms with Gasteiger partial charge in [-0.25, -0.2) is 5.48 Å². The summed E-state index contributed by atoms with van der Waals surface area (Å²) in [6.07, 6.45) is -0.372. The first kappa shape index (κ1) is 11.2. The molecule has 0 radical (unpaired) electrons. The average Bonchev–Trinajstić information content (AvgIpc) is 2.27. The first-order chi connectivity index (χ1) is 7.22. The van der Waals surface area contributed by atoms with Crippen LogP contribution in [0.15, 0.2) is 30.3 Å². The molecule has 0 aliphatic carbocycles. The zero-order valence-corrected chi connectivity index (χ0v) is 8.06. The monoisotopic (exact) mass is 208 g/mol. The van der Waals surface area contributed by atoms with Crippen molar-refractivity contribution in [2.24, 2.45) is 0 Å². The second-order valence-corrected chi connectivity index (χ2v) is 2.97. The highest BCUT2D eigenvalue weighted by atomic mass is 16.5. The Morgan fingerprint density at radius 3 is 2.40 bits per heavy atom. The number of amides is 2. The largest absolute Gasteiger partial charge is 0.352 e. The van der Waals surface area contributed by atoms with E-state index in [1.54, 1.807) is 0 Å². The fraction of sp³-hybridized carbons (Fsp3) is 0.200. The molecule has 80 valence electrons. The number of hydrogen-bond donors (Lipinski definition) is 3. The lowest BCUT2D eigenvalue weighted by atomic mass is 10.2. The Hall–Kier alpha value is -1.88. The van der Waals surface area contributed by atoms with Crippen LogP contribution in [-0.4, -0.2) is 17.0 Å². The molecule has 0 atom stereocenters. The van der Waals surface area contributed by atoms with Gasteiger partial charge in [0.05, 0.1) is 0 Å². The van der Waals surface area contributed by atoms with Crippen molar-refractivity contribution in [1.82, 2.24) is 10.8 Å². The summed E-state index contributed by atoms with van der Waals surface area (Å²) in [6.45, 7) is 0.373. The van der Waals surface area contributed by atoms with Crippen molar-refractivity contribution in [2.45, 2.75) is 13.0 Å². The smallest absolute Gasteiger partial charge is 0.252 e. The molecule has 1 aromatic rings. The lowest BCUT2D eigenvalue weighted by molar-refractivity contribution is -0.134. The number of rotatable bonds is 4. The minimum atomic E-state index is -0.722. The fourth-order valence-corrected chi connectivity index (χ4v) is 1.04. The Morgan fingerprint density at radius 2 is 1.80 bits per heavy atom. The zero-order chi connectivity index (χ0) is 11.1.